The molecule has 3 aromatic rings. The number of rotatable bonds is 5. The Balaban J connectivity index is 1.75. The summed E-state index contributed by atoms with van der Waals surface area (Å²) in [4.78, 5) is 24.1. The summed E-state index contributed by atoms with van der Waals surface area (Å²) in [5, 5.41) is 0. The second-order valence-electron chi connectivity index (χ2n) is 8.68. The molecule has 2 unspecified atom stereocenters. The molecule has 5 nitrogen and oxygen atoms in total. The summed E-state index contributed by atoms with van der Waals surface area (Å²) < 4.78 is 4.89. The van der Waals surface area contributed by atoms with Crippen molar-refractivity contribution in [3.8, 4) is 0 Å². The molecule has 0 amide bonds. The predicted octanol–water partition coefficient (Wildman–Crippen LogP) is 5.66. The Morgan fingerprint density at radius 2 is 1.53 bits per heavy atom. The third-order valence-corrected chi connectivity index (χ3v) is 6.60. The van der Waals surface area contributed by atoms with Gasteiger partial charge in [-0.15, -0.1) is 0 Å². The molecule has 0 aliphatic carbocycles. The SMILES string of the molecule is COC(=O)c1ccc(CN2C(c3ncccc3C)CCCC2c2ncccc2C)c(C)c1. The topological polar surface area (TPSA) is 55.3 Å². The molecule has 1 fully saturated rings. The highest BCUT2D eigenvalue weighted by atomic mass is 16.5. The van der Waals surface area contributed by atoms with Crippen LogP contribution in [0, 0.1) is 20.8 Å². The van der Waals surface area contributed by atoms with Gasteiger partial charge >= 0.3 is 5.97 Å². The van der Waals surface area contributed by atoms with Gasteiger partial charge < -0.3 is 4.74 Å². The molecule has 0 bridgehead atoms. The van der Waals surface area contributed by atoms with E-state index in [-0.39, 0.29) is 18.1 Å². The lowest BCUT2D eigenvalue weighted by Gasteiger charge is -2.42. The lowest BCUT2D eigenvalue weighted by molar-refractivity contribution is 0.0600. The molecule has 166 valence electrons. The van der Waals surface area contributed by atoms with Crippen LogP contribution in [0.2, 0.25) is 0 Å². The minimum atomic E-state index is -0.304. The minimum absolute atomic E-state index is 0.219. The lowest BCUT2D eigenvalue weighted by Crippen LogP contribution is -2.37. The van der Waals surface area contributed by atoms with E-state index in [1.54, 1.807) is 0 Å². The van der Waals surface area contributed by atoms with Crippen molar-refractivity contribution in [3.05, 3.63) is 94.1 Å². The van der Waals surface area contributed by atoms with E-state index in [1.165, 1.54) is 23.8 Å². The highest BCUT2D eigenvalue weighted by Crippen LogP contribution is 2.43. The van der Waals surface area contributed by atoms with Crippen molar-refractivity contribution in [2.24, 2.45) is 0 Å². The Morgan fingerprint density at radius 3 is 2.03 bits per heavy atom. The van der Waals surface area contributed by atoms with Gasteiger partial charge in [0, 0.05) is 18.9 Å². The van der Waals surface area contributed by atoms with Crippen LogP contribution in [0.25, 0.3) is 0 Å². The molecular weight excluding hydrogens is 398 g/mol. The van der Waals surface area contributed by atoms with Gasteiger partial charge in [-0.3, -0.25) is 14.9 Å². The number of likely N-dealkylation sites (tertiary alicyclic amines) is 1. The third kappa shape index (κ3) is 4.44. The van der Waals surface area contributed by atoms with Crippen LogP contribution < -0.4 is 0 Å². The number of carbonyl (C=O) groups excluding carboxylic acids is 1. The average Bonchev–Trinajstić information content (AvgIpc) is 2.81. The standard InChI is InChI=1S/C27H31N3O2/c1-18-8-6-14-28-25(18)23-10-5-11-24(26-19(2)9-7-15-29-26)30(23)17-22-13-12-21(16-20(22)3)27(31)32-4/h6-9,12-16,23-24H,5,10-11,17H2,1-4H3. The third-order valence-electron chi connectivity index (χ3n) is 6.60. The van der Waals surface area contributed by atoms with Gasteiger partial charge in [-0.05, 0) is 86.6 Å². The van der Waals surface area contributed by atoms with E-state index < -0.39 is 0 Å². The molecular formula is C27H31N3O2. The Kier molecular flexibility index (Phi) is 6.66. The van der Waals surface area contributed by atoms with Crippen molar-refractivity contribution in [2.75, 3.05) is 7.11 Å². The second kappa shape index (κ2) is 9.61. The van der Waals surface area contributed by atoms with Gasteiger partial charge in [0.1, 0.15) is 0 Å². The van der Waals surface area contributed by atoms with Gasteiger partial charge in [-0.2, -0.15) is 0 Å². The van der Waals surface area contributed by atoms with Gasteiger partial charge in [0.25, 0.3) is 0 Å². The number of methoxy groups -OCH3 is 1. The Bertz CT molecular complexity index is 1060. The average molecular weight is 430 g/mol. The highest BCUT2D eigenvalue weighted by Gasteiger charge is 2.35. The summed E-state index contributed by atoms with van der Waals surface area (Å²) in [5.74, 6) is -0.304. The number of pyridine rings is 2. The van der Waals surface area contributed by atoms with Crippen LogP contribution in [0.3, 0.4) is 0 Å². The van der Waals surface area contributed by atoms with Gasteiger partial charge in [0.05, 0.1) is 36.1 Å². The largest absolute Gasteiger partial charge is 0.465 e. The number of carbonyl (C=O) groups is 1. The molecule has 0 spiro atoms. The maximum absolute atomic E-state index is 12.0. The molecule has 1 saturated heterocycles. The Labute approximate surface area is 190 Å². The van der Waals surface area contributed by atoms with Crippen LogP contribution in [0.15, 0.2) is 54.9 Å². The molecule has 5 heteroatoms. The van der Waals surface area contributed by atoms with Crippen molar-refractivity contribution < 1.29 is 9.53 Å². The van der Waals surface area contributed by atoms with Gasteiger partial charge in [-0.1, -0.05) is 18.2 Å². The van der Waals surface area contributed by atoms with Crippen molar-refractivity contribution >= 4 is 5.97 Å². The predicted molar refractivity (Wildman–Crippen MR) is 125 cm³/mol. The van der Waals surface area contributed by atoms with Gasteiger partial charge in [0.2, 0.25) is 0 Å². The monoisotopic (exact) mass is 429 g/mol. The van der Waals surface area contributed by atoms with E-state index >= 15 is 0 Å². The van der Waals surface area contributed by atoms with E-state index in [2.05, 4.69) is 43.9 Å². The fourth-order valence-electron chi connectivity index (χ4n) is 4.87. The van der Waals surface area contributed by atoms with Crippen molar-refractivity contribution in [1.82, 2.24) is 14.9 Å². The highest BCUT2D eigenvalue weighted by molar-refractivity contribution is 5.89. The van der Waals surface area contributed by atoms with Crippen LogP contribution >= 0.6 is 0 Å². The van der Waals surface area contributed by atoms with Crippen molar-refractivity contribution in [3.63, 3.8) is 0 Å². The van der Waals surface area contributed by atoms with E-state index in [0.29, 0.717) is 5.56 Å². The van der Waals surface area contributed by atoms with Crippen LogP contribution in [0.4, 0.5) is 0 Å². The summed E-state index contributed by atoms with van der Waals surface area (Å²) in [6.07, 6.45) is 7.07. The summed E-state index contributed by atoms with van der Waals surface area (Å²) in [6, 6.07) is 14.6. The Morgan fingerprint density at radius 1 is 0.938 bits per heavy atom. The normalized spacial score (nSPS) is 19.0. The molecule has 32 heavy (non-hydrogen) atoms. The van der Waals surface area contributed by atoms with E-state index in [4.69, 9.17) is 14.7 Å². The zero-order chi connectivity index (χ0) is 22.7. The first kappa shape index (κ1) is 22.2. The fraction of sp³-hybridized carbons (Fsp3) is 0.370. The first-order chi connectivity index (χ1) is 15.5. The maximum atomic E-state index is 12.0. The summed E-state index contributed by atoms with van der Waals surface area (Å²) in [7, 11) is 1.42. The molecule has 0 saturated carbocycles. The number of piperidine rings is 1. The molecule has 2 aromatic heterocycles. The molecule has 0 radical (unpaired) electrons. The number of hydrogen-bond acceptors (Lipinski definition) is 5. The quantitative estimate of drug-likeness (QED) is 0.490. The number of benzene rings is 1. The number of ether oxygens (including phenoxy) is 1. The number of aromatic nitrogens is 2. The Hall–Kier alpha value is -3.05. The number of aryl methyl sites for hydroxylation is 3. The molecule has 1 aliphatic heterocycles. The second-order valence-corrected chi connectivity index (χ2v) is 8.68. The lowest BCUT2D eigenvalue weighted by atomic mass is 9.88. The molecule has 4 rings (SSSR count). The molecule has 3 heterocycles. The maximum Gasteiger partial charge on any atom is 0.337 e. The van der Waals surface area contributed by atoms with E-state index in [1.807, 2.05) is 36.7 Å². The zero-order valence-electron chi connectivity index (χ0n) is 19.3. The van der Waals surface area contributed by atoms with Crippen molar-refractivity contribution in [1.29, 1.82) is 0 Å². The summed E-state index contributed by atoms with van der Waals surface area (Å²) in [6.45, 7) is 7.13. The van der Waals surface area contributed by atoms with E-state index in [9.17, 15) is 4.79 Å². The van der Waals surface area contributed by atoms with Gasteiger partial charge in [-0.25, -0.2) is 4.79 Å². The first-order valence-electron chi connectivity index (χ1n) is 11.3. The van der Waals surface area contributed by atoms with Gasteiger partial charge in [0.15, 0.2) is 0 Å². The van der Waals surface area contributed by atoms with E-state index in [0.717, 1.165) is 42.8 Å². The molecule has 1 aromatic carbocycles. The molecule has 0 N–H and O–H groups in total. The number of nitrogens with zero attached hydrogens (tertiary/aromatic N) is 3. The van der Waals surface area contributed by atoms with Crippen LogP contribution in [0.1, 0.15) is 75.3 Å². The summed E-state index contributed by atoms with van der Waals surface area (Å²) >= 11 is 0. The fourth-order valence-corrected chi connectivity index (χ4v) is 4.87. The number of hydrogen-bond donors (Lipinski definition) is 0. The first-order valence-corrected chi connectivity index (χ1v) is 11.3. The zero-order valence-corrected chi connectivity index (χ0v) is 19.3. The molecule has 2 atom stereocenters. The number of esters is 1. The van der Waals surface area contributed by atoms with Crippen molar-refractivity contribution in [2.45, 2.75) is 58.7 Å². The van der Waals surface area contributed by atoms with Crippen LogP contribution in [-0.4, -0.2) is 27.9 Å². The minimum Gasteiger partial charge on any atom is -0.465 e. The van der Waals surface area contributed by atoms with Crippen LogP contribution in [-0.2, 0) is 11.3 Å². The smallest absolute Gasteiger partial charge is 0.337 e. The van der Waals surface area contributed by atoms with Crippen LogP contribution in [0.5, 0.6) is 0 Å². The molecule has 1 aliphatic rings. The summed E-state index contributed by atoms with van der Waals surface area (Å²) in [5.41, 5.74) is 7.62.